The van der Waals surface area contributed by atoms with Gasteiger partial charge in [0.25, 0.3) is 5.91 Å². The number of fused-ring (bicyclic) bond motifs is 1. The van der Waals surface area contributed by atoms with Gasteiger partial charge in [0.15, 0.2) is 0 Å². The lowest BCUT2D eigenvalue weighted by atomic mass is 9.96. The van der Waals surface area contributed by atoms with Crippen molar-refractivity contribution in [1.29, 1.82) is 0 Å². The number of carbonyl (C=O) groups is 2. The molecule has 0 radical (unpaired) electrons. The Morgan fingerprint density at radius 1 is 1.20 bits per heavy atom. The second kappa shape index (κ2) is 8.39. The van der Waals surface area contributed by atoms with E-state index in [1.807, 2.05) is 35.5 Å². The molecule has 1 aromatic carbocycles. The normalized spacial score (nSPS) is 18.6. The van der Waals surface area contributed by atoms with Gasteiger partial charge in [0.2, 0.25) is 0 Å². The molecule has 3 aliphatic rings. The van der Waals surface area contributed by atoms with Crippen LogP contribution in [0.15, 0.2) is 55.0 Å². The van der Waals surface area contributed by atoms with E-state index in [0.717, 1.165) is 23.4 Å². The van der Waals surface area contributed by atoms with Gasteiger partial charge < -0.3 is 20.1 Å². The van der Waals surface area contributed by atoms with E-state index in [2.05, 4.69) is 10.3 Å². The lowest BCUT2D eigenvalue weighted by Gasteiger charge is -2.28. The van der Waals surface area contributed by atoms with E-state index in [1.165, 1.54) is 0 Å². The Morgan fingerprint density at radius 2 is 1.91 bits per heavy atom. The second-order valence-corrected chi connectivity index (χ2v) is 10.5. The van der Waals surface area contributed by atoms with Gasteiger partial charge in [-0.25, -0.2) is 14.7 Å². The Morgan fingerprint density at radius 3 is 2.51 bits per heavy atom. The second-order valence-electron chi connectivity index (χ2n) is 10.0. The minimum atomic E-state index is -0.861. The highest BCUT2D eigenvalue weighted by Gasteiger charge is 2.41. The smallest absolute Gasteiger partial charge is 0.417 e. The number of benzene rings is 1. The number of imide groups is 1. The maximum absolute atomic E-state index is 13.1. The lowest BCUT2D eigenvalue weighted by molar-refractivity contribution is 0.0248. The topological polar surface area (TPSA) is 95.0 Å². The van der Waals surface area contributed by atoms with Gasteiger partial charge in [-0.2, -0.15) is 0 Å². The van der Waals surface area contributed by atoms with E-state index in [-0.39, 0.29) is 6.54 Å². The lowest BCUT2D eigenvalue weighted by Crippen LogP contribution is -2.37. The van der Waals surface area contributed by atoms with Gasteiger partial charge in [0.1, 0.15) is 17.0 Å². The number of ether oxygens (including phenoxy) is 1. The summed E-state index contributed by atoms with van der Waals surface area (Å²) in [5, 5.41) is 14.2. The molecule has 1 aromatic heterocycles. The summed E-state index contributed by atoms with van der Waals surface area (Å²) in [5.41, 5.74) is 0.645. The zero-order valence-electron chi connectivity index (χ0n) is 19.8. The van der Waals surface area contributed by atoms with Crippen LogP contribution in [0, 0.1) is 5.92 Å². The highest BCUT2D eigenvalue weighted by atomic mass is 35.5. The number of amides is 2. The molecule has 35 heavy (non-hydrogen) atoms. The van der Waals surface area contributed by atoms with Crippen LogP contribution in [0.3, 0.4) is 0 Å². The minimum Gasteiger partial charge on any atom is -0.443 e. The molecule has 5 rings (SSSR count). The minimum absolute atomic E-state index is 0.0463. The number of rotatable bonds is 4. The average Bonchev–Trinajstić information content (AvgIpc) is 3.60. The van der Waals surface area contributed by atoms with Crippen LogP contribution in [-0.2, 0) is 11.3 Å². The highest BCUT2D eigenvalue weighted by molar-refractivity contribution is 6.32. The quantitative estimate of drug-likeness (QED) is 0.590. The molecule has 0 saturated heterocycles. The number of nitrogens with zero attached hydrogens (tertiary/aromatic N) is 3. The fourth-order valence-corrected chi connectivity index (χ4v) is 4.42. The predicted molar refractivity (Wildman–Crippen MR) is 134 cm³/mol. The summed E-state index contributed by atoms with van der Waals surface area (Å²) in [6.07, 6.45) is 10.4. The Hall–Kier alpha value is -3.36. The van der Waals surface area contributed by atoms with Crippen LogP contribution in [0.4, 0.5) is 22.0 Å². The standard InChI is InChI=1S/C26H27ClN4O4/c1-25(2,3)35-24(33)31-15-18-19(27)7-8-20(22(18)23(31)32)29-21-9-6-17(14-28-21)30-12-10-26(34,11-13-30)16-4-5-16/h6-14,16,34H,4-5,15H2,1-3H3,(H,28,29). The summed E-state index contributed by atoms with van der Waals surface area (Å²) in [6, 6.07) is 7.07. The fraction of sp³-hybridized carbons (Fsp3) is 0.346. The van der Waals surface area contributed by atoms with Crippen LogP contribution < -0.4 is 10.2 Å². The zero-order valence-corrected chi connectivity index (χ0v) is 20.5. The Bertz CT molecular complexity index is 1230. The van der Waals surface area contributed by atoms with Crippen molar-refractivity contribution < 1.29 is 19.4 Å². The molecule has 2 amide bonds. The highest BCUT2D eigenvalue weighted by Crippen LogP contribution is 2.43. The van der Waals surface area contributed by atoms with Crippen molar-refractivity contribution in [2.75, 3.05) is 10.2 Å². The molecule has 1 saturated carbocycles. The van der Waals surface area contributed by atoms with Crippen LogP contribution in [0.5, 0.6) is 0 Å². The number of anilines is 3. The van der Waals surface area contributed by atoms with Crippen molar-refractivity contribution in [2.45, 2.75) is 51.4 Å². The maximum Gasteiger partial charge on any atom is 0.417 e. The molecule has 0 unspecified atom stereocenters. The number of halogens is 1. The molecule has 8 nitrogen and oxygen atoms in total. The Kier molecular flexibility index (Phi) is 5.61. The van der Waals surface area contributed by atoms with Crippen molar-refractivity contribution in [3.63, 3.8) is 0 Å². The number of aliphatic hydroxyl groups is 1. The molecular formula is C26H27ClN4O4. The molecule has 0 spiro atoms. The third-order valence-electron chi connectivity index (χ3n) is 6.19. The van der Waals surface area contributed by atoms with E-state index >= 15 is 0 Å². The molecule has 2 N–H and O–H groups in total. The number of pyridine rings is 1. The molecule has 3 heterocycles. The van der Waals surface area contributed by atoms with Gasteiger partial charge in [0.05, 0.1) is 29.7 Å². The summed E-state index contributed by atoms with van der Waals surface area (Å²) in [6.45, 7) is 5.29. The number of aromatic nitrogens is 1. The first-order valence-corrected chi connectivity index (χ1v) is 11.9. The van der Waals surface area contributed by atoms with Crippen LogP contribution in [-0.4, -0.2) is 38.2 Å². The summed E-state index contributed by atoms with van der Waals surface area (Å²) in [7, 11) is 0. The number of hydrogen-bond acceptors (Lipinski definition) is 7. The molecule has 0 atom stereocenters. The molecule has 9 heteroatoms. The average molecular weight is 495 g/mol. The molecule has 182 valence electrons. The summed E-state index contributed by atoms with van der Waals surface area (Å²) < 4.78 is 5.38. The third-order valence-corrected chi connectivity index (χ3v) is 6.54. The van der Waals surface area contributed by atoms with E-state index in [4.69, 9.17) is 16.3 Å². The van der Waals surface area contributed by atoms with Gasteiger partial charge in [-0.15, -0.1) is 0 Å². The summed E-state index contributed by atoms with van der Waals surface area (Å²) >= 11 is 6.35. The van der Waals surface area contributed by atoms with Gasteiger partial charge in [-0.05, 0) is 75.9 Å². The van der Waals surface area contributed by atoms with Crippen molar-refractivity contribution in [3.8, 4) is 0 Å². The van der Waals surface area contributed by atoms with Gasteiger partial charge in [-0.1, -0.05) is 11.6 Å². The summed E-state index contributed by atoms with van der Waals surface area (Å²) in [5.74, 6) is 0.362. The Labute approximate surface area is 208 Å². The van der Waals surface area contributed by atoms with Gasteiger partial charge in [-0.3, -0.25) is 4.79 Å². The van der Waals surface area contributed by atoms with Crippen molar-refractivity contribution in [3.05, 3.63) is 71.2 Å². The monoisotopic (exact) mass is 494 g/mol. The van der Waals surface area contributed by atoms with Crippen molar-refractivity contribution in [2.24, 2.45) is 5.92 Å². The number of carbonyl (C=O) groups excluding carboxylic acids is 2. The first kappa shape index (κ1) is 23.4. The van der Waals surface area contributed by atoms with E-state index in [1.54, 1.807) is 45.2 Å². The van der Waals surface area contributed by atoms with Gasteiger partial charge in [0, 0.05) is 23.0 Å². The zero-order chi connectivity index (χ0) is 25.0. The SMILES string of the molecule is CC(C)(C)OC(=O)N1Cc2c(Cl)ccc(Nc3ccc(N4C=CC(O)(C5CC5)C=C4)cn3)c2C1=O. The van der Waals surface area contributed by atoms with Crippen molar-refractivity contribution in [1.82, 2.24) is 9.88 Å². The summed E-state index contributed by atoms with van der Waals surface area (Å²) in [4.78, 5) is 33.1. The van der Waals surface area contributed by atoms with Gasteiger partial charge >= 0.3 is 6.09 Å². The molecule has 2 aromatic rings. The van der Waals surface area contributed by atoms with E-state index in [0.29, 0.717) is 33.6 Å². The van der Waals surface area contributed by atoms with Crippen molar-refractivity contribution >= 4 is 40.8 Å². The number of hydrogen-bond donors (Lipinski definition) is 2. The number of nitrogens with one attached hydrogen (secondary N) is 1. The van der Waals surface area contributed by atoms with Crippen LogP contribution >= 0.6 is 11.6 Å². The Balaban J connectivity index is 1.32. The van der Waals surface area contributed by atoms with Crippen LogP contribution in [0.1, 0.15) is 49.5 Å². The van der Waals surface area contributed by atoms with Crippen LogP contribution in [0.25, 0.3) is 0 Å². The largest absolute Gasteiger partial charge is 0.443 e. The molecule has 0 bridgehead atoms. The maximum atomic E-state index is 13.1. The first-order valence-electron chi connectivity index (χ1n) is 11.5. The predicted octanol–water partition coefficient (Wildman–Crippen LogP) is 5.36. The fourth-order valence-electron chi connectivity index (χ4n) is 4.20. The molecule has 1 fully saturated rings. The van der Waals surface area contributed by atoms with E-state index in [9.17, 15) is 14.7 Å². The first-order chi connectivity index (χ1) is 16.5. The third kappa shape index (κ3) is 4.63. The van der Waals surface area contributed by atoms with Crippen LogP contribution in [0.2, 0.25) is 5.02 Å². The molecule has 2 aliphatic heterocycles. The molecular weight excluding hydrogens is 468 g/mol. The van der Waals surface area contributed by atoms with E-state index < -0.39 is 23.2 Å². The molecule has 1 aliphatic carbocycles.